The molecule has 0 aliphatic rings. The van der Waals surface area contributed by atoms with Crippen LogP contribution in [0.3, 0.4) is 0 Å². The Bertz CT molecular complexity index is 311. The second-order valence-electron chi connectivity index (χ2n) is 5.44. The molecule has 0 amide bonds. The number of hydrogen-bond donors (Lipinski definition) is 0. The van der Waals surface area contributed by atoms with Crippen molar-refractivity contribution in [2.45, 2.75) is 85.0 Å². The summed E-state index contributed by atoms with van der Waals surface area (Å²) in [6.45, 7) is 6.69. The van der Waals surface area contributed by atoms with E-state index in [0.29, 0.717) is 0 Å². The van der Waals surface area contributed by atoms with Gasteiger partial charge in [0, 0.05) is 12.8 Å². The number of hydrogen-bond acceptors (Lipinski definition) is 1. The van der Waals surface area contributed by atoms with Gasteiger partial charge in [-0.1, -0.05) is 52.4 Å². The van der Waals surface area contributed by atoms with Crippen LogP contribution in [-0.2, 0) is 12.8 Å². The molecule has 0 saturated carbocycles. The minimum atomic E-state index is 1.12. The third-order valence-corrected chi connectivity index (χ3v) is 3.61. The van der Waals surface area contributed by atoms with Crippen molar-refractivity contribution in [2.24, 2.45) is 0 Å². The zero-order valence-corrected chi connectivity index (χ0v) is 12.6. The topological polar surface area (TPSA) is 13.1 Å². The van der Waals surface area contributed by atoms with Gasteiger partial charge in [0.1, 0.15) is 11.5 Å². The molecule has 0 atom stereocenters. The van der Waals surface area contributed by atoms with Gasteiger partial charge in [0.2, 0.25) is 0 Å². The standard InChI is InChI=1S/C17H30O/c1-4-6-8-9-11-12-16-14-15(3)17(18-16)13-10-7-5-2/h14H,4-13H2,1-3H3. The van der Waals surface area contributed by atoms with Crippen molar-refractivity contribution in [1.82, 2.24) is 0 Å². The zero-order chi connectivity index (χ0) is 13.2. The summed E-state index contributed by atoms with van der Waals surface area (Å²) in [6.07, 6.45) is 12.8. The van der Waals surface area contributed by atoms with Crippen LogP contribution in [0.1, 0.15) is 82.3 Å². The molecule has 1 heterocycles. The fourth-order valence-corrected chi connectivity index (χ4v) is 2.40. The molecule has 18 heavy (non-hydrogen) atoms. The summed E-state index contributed by atoms with van der Waals surface area (Å²) in [5.74, 6) is 2.43. The third-order valence-electron chi connectivity index (χ3n) is 3.61. The van der Waals surface area contributed by atoms with Gasteiger partial charge >= 0.3 is 0 Å². The van der Waals surface area contributed by atoms with Gasteiger partial charge in [-0.05, 0) is 31.4 Å². The molecule has 0 saturated heterocycles. The Balaban J connectivity index is 2.27. The summed E-state index contributed by atoms with van der Waals surface area (Å²) in [7, 11) is 0. The highest BCUT2D eigenvalue weighted by Crippen LogP contribution is 2.19. The SMILES string of the molecule is CCCCCCCc1cc(C)c(CCCCC)o1. The minimum Gasteiger partial charge on any atom is -0.466 e. The first-order chi connectivity index (χ1) is 8.77. The first-order valence-corrected chi connectivity index (χ1v) is 7.86. The van der Waals surface area contributed by atoms with Crippen LogP contribution in [0.4, 0.5) is 0 Å². The monoisotopic (exact) mass is 250 g/mol. The van der Waals surface area contributed by atoms with E-state index in [4.69, 9.17) is 4.42 Å². The van der Waals surface area contributed by atoms with Crippen molar-refractivity contribution in [3.8, 4) is 0 Å². The van der Waals surface area contributed by atoms with Crippen LogP contribution >= 0.6 is 0 Å². The van der Waals surface area contributed by atoms with Gasteiger partial charge in [-0.25, -0.2) is 0 Å². The molecule has 1 aromatic heterocycles. The Hall–Kier alpha value is -0.720. The van der Waals surface area contributed by atoms with Crippen LogP contribution in [0.15, 0.2) is 10.5 Å². The Morgan fingerprint density at radius 1 is 0.833 bits per heavy atom. The molecule has 1 aromatic rings. The number of furan rings is 1. The molecule has 104 valence electrons. The predicted molar refractivity (Wildman–Crippen MR) is 79.1 cm³/mol. The van der Waals surface area contributed by atoms with Gasteiger partial charge in [0.25, 0.3) is 0 Å². The first-order valence-electron chi connectivity index (χ1n) is 7.86. The summed E-state index contributed by atoms with van der Waals surface area (Å²) in [5, 5.41) is 0. The minimum absolute atomic E-state index is 1.12. The van der Waals surface area contributed by atoms with E-state index in [1.54, 1.807) is 0 Å². The molecular weight excluding hydrogens is 220 g/mol. The second kappa shape index (κ2) is 9.24. The molecule has 0 aromatic carbocycles. The lowest BCUT2D eigenvalue weighted by atomic mass is 10.1. The Labute approximate surface area is 113 Å². The summed E-state index contributed by atoms with van der Waals surface area (Å²) >= 11 is 0. The number of aryl methyl sites for hydroxylation is 3. The van der Waals surface area contributed by atoms with E-state index >= 15 is 0 Å². The van der Waals surface area contributed by atoms with Crippen LogP contribution in [0.5, 0.6) is 0 Å². The highest BCUT2D eigenvalue weighted by Gasteiger charge is 2.07. The van der Waals surface area contributed by atoms with Crippen LogP contribution in [0.2, 0.25) is 0 Å². The van der Waals surface area contributed by atoms with Crippen molar-refractivity contribution in [1.29, 1.82) is 0 Å². The van der Waals surface area contributed by atoms with Crippen molar-refractivity contribution < 1.29 is 4.42 Å². The summed E-state index contributed by atoms with van der Waals surface area (Å²) in [4.78, 5) is 0. The van der Waals surface area contributed by atoms with Gasteiger partial charge in [-0.2, -0.15) is 0 Å². The lowest BCUT2D eigenvalue weighted by Crippen LogP contribution is -1.85. The Kier molecular flexibility index (Phi) is 7.88. The van der Waals surface area contributed by atoms with Crippen LogP contribution in [-0.4, -0.2) is 0 Å². The fraction of sp³-hybridized carbons (Fsp3) is 0.765. The maximum atomic E-state index is 5.97. The van der Waals surface area contributed by atoms with Crippen molar-refractivity contribution >= 4 is 0 Å². The molecule has 0 unspecified atom stereocenters. The van der Waals surface area contributed by atoms with Gasteiger partial charge in [0.05, 0.1) is 0 Å². The lowest BCUT2D eigenvalue weighted by Gasteiger charge is -1.99. The number of unbranched alkanes of at least 4 members (excludes halogenated alkanes) is 6. The van der Waals surface area contributed by atoms with Crippen LogP contribution < -0.4 is 0 Å². The van der Waals surface area contributed by atoms with E-state index in [2.05, 4.69) is 26.8 Å². The average molecular weight is 250 g/mol. The molecule has 1 heteroatoms. The van der Waals surface area contributed by atoms with E-state index in [9.17, 15) is 0 Å². The lowest BCUT2D eigenvalue weighted by molar-refractivity contribution is 0.446. The molecule has 0 N–H and O–H groups in total. The molecule has 0 aliphatic carbocycles. The van der Waals surface area contributed by atoms with Crippen LogP contribution in [0, 0.1) is 6.92 Å². The normalized spacial score (nSPS) is 11.1. The molecular formula is C17H30O. The van der Waals surface area contributed by atoms with Gasteiger partial charge < -0.3 is 4.42 Å². The zero-order valence-electron chi connectivity index (χ0n) is 12.6. The van der Waals surface area contributed by atoms with E-state index < -0.39 is 0 Å². The molecule has 0 bridgehead atoms. The molecule has 0 radical (unpaired) electrons. The third kappa shape index (κ3) is 5.75. The van der Waals surface area contributed by atoms with Crippen molar-refractivity contribution in [3.05, 3.63) is 23.2 Å². The van der Waals surface area contributed by atoms with Crippen molar-refractivity contribution in [3.63, 3.8) is 0 Å². The highest BCUT2D eigenvalue weighted by molar-refractivity contribution is 5.20. The van der Waals surface area contributed by atoms with Crippen molar-refractivity contribution in [2.75, 3.05) is 0 Å². The predicted octanol–water partition coefficient (Wildman–Crippen LogP) is 5.83. The average Bonchev–Trinajstić information content (AvgIpc) is 2.70. The smallest absolute Gasteiger partial charge is 0.107 e. The van der Waals surface area contributed by atoms with Crippen LogP contribution in [0.25, 0.3) is 0 Å². The molecule has 0 aliphatic heterocycles. The number of rotatable bonds is 10. The van der Waals surface area contributed by atoms with E-state index in [1.807, 2.05) is 0 Å². The Morgan fingerprint density at radius 2 is 1.44 bits per heavy atom. The highest BCUT2D eigenvalue weighted by atomic mass is 16.3. The molecule has 0 fully saturated rings. The van der Waals surface area contributed by atoms with Gasteiger partial charge in [-0.3, -0.25) is 0 Å². The second-order valence-corrected chi connectivity index (χ2v) is 5.44. The van der Waals surface area contributed by atoms with E-state index in [1.165, 1.54) is 68.5 Å². The fourth-order valence-electron chi connectivity index (χ4n) is 2.40. The maximum Gasteiger partial charge on any atom is 0.107 e. The summed E-state index contributed by atoms with van der Waals surface area (Å²) < 4.78 is 5.97. The van der Waals surface area contributed by atoms with E-state index in [0.717, 1.165) is 12.8 Å². The first kappa shape index (κ1) is 15.3. The van der Waals surface area contributed by atoms with E-state index in [-0.39, 0.29) is 0 Å². The largest absolute Gasteiger partial charge is 0.466 e. The molecule has 1 nitrogen and oxygen atoms in total. The molecule has 0 spiro atoms. The maximum absolute atomic E-state index is 5.97. The van der Waals surface area contributed by atoms with Gasteiger partial charge in [-0.15, -0.1) is 0 Å². The summed E-state index contributed by atoms with van der Waals surface area (Å²) in [5.41, 5.74) is 1.36. The Morgan fingerprint density at radius 3 is 2.17 bits per heavy atom. The molecule has 1 rings (SSSR count). The van der Waals surface area contributed by atoms with Gasteiger partial charge in [0.15, 0.2) is 0 Å². The quantitative estimate of drug-likeness (QED) is 0.476. The summed E-state index contributed by atoms with van der Waals surface area (Å²) in [6, 6.07) is 2.25.